The Hall–Kier alpha value is -0.570. The molecule has 2 fully saturated rings. The highest BCUT2D eigenvalue weighted by Crippen LogP contribution is 2.32. The molecule has 2 N–H and O–H groups in total. The summed E-state index contributed by atoms with van der Waals surface area (Å²) in [5, 5.41) is 0. The Kier molecular flexibility index (Phi) is 3.06. The predicted octanol–water partition coefficient (Wildman–Crippen LogP) is 1.13. The molecule has 0 spiro atoms. The molecular weight excluding hydrogens is 176 g/mol. The van der Waals surface area contributed by atoms with Crippen molar-refractivity contribution in [2.24, 2.45) is 11.7 Å². The van der Waals surface area contributed by atoms with E-state index in [4.69, 9.17) is 5.73 Å². The molecule has 14 heavy (non-hydrogen) atoms. The van der Waals surface area contributed by atoms with Crippen LogP contribution in [0, 0.1) is 5.92 Å². The van der Waals surface area contributed by atoms with Crippen LogP contribution in [-0.2, 0) is 4.79 Å². The lowest BCUT2D eigenvalue weighted by atomic mass is 9.82. The van der Waals surface area contributed by atoms with Crippen LogP contribution in [0.3, 0.4) is 0 Å². The summed E-state index contributed by atoms with van der Waals surface area (Å²) in [6, 6.07) is 0.533. The number of nitrogens with zero attached hydrogens (tertiary/aromatic N) is 1. The summed E-state index contributed by atoms with van der Waals surface area (Å²) >= 11 is 0. The molecule has 1 amide bonds. The highest BCUT2D eigenvalue weighted by atomic mass is 16.2. The second kappa shape index (κ2) is 4.30. The Morgan fingerprint density at radius 3 is 2.43 bits per heavy atom. The van der Waals surface area contributed by atoms with Gasteiger partial charge in [0.1, 0.15) is 0 Å². The van der Waals surface area contributed by atoms with Crippen LogP contribution in [-0.4, -0.2) is 29.9 Å². The maximum absolute atomic E-state index is 11.9. The minimum atomic E-state index is 0.350. The van der Waals surface area contributed by atoms with Gasteiger partial charge in [-0.05, 0) is 31.6 Å². The Labute approximate surface area is 85.6 Å². The summed E-state index contributed by atoms with van der Waals surface area (Å²) in [5.74, 6) is 1.03. The van der Waals surface area contributed by atoms with Crippen molar-refractivity contribution < 1.29 is 4.79 Å². The SMILES string of the molecule is NCCN(C(=O)CC1CCC1)C1CC1. The van der Waals surface area contributed by atoms with E-state index in [-0.39, 0.29) is 0 Å². The van der Waals surface area contributed by atoms with Crippen LogP contribution in [0.5, 0.6) is 0 Å². The van der Waals surface area contributed by atoms with E-state index in [1.807, 2.05) is 4.90 Å². The van der Waals surface area contributed by atoms with Crippen molar-refractivity contribution in [2.75, 3.05) is 13.1 Å². The zero-order chi connectivity index (χ0) is 9.97. The first-order valence-electron chi connectivity index (χ1n) is 5.81. The minimum Gasteiger partial charge on any atom is -0.338 e. The number of rotatable bonds is 5. The van der Waals surface area contributed by atoms with E-state index in [2.05, 4.69) is 0 Å². The maximum Gasteiger partial charge on any atom is 0.223 e. The molecule has 0 unspecified atom stereocenters. The molecule has 0 radical (unpaired) electrons. The highest BCUT2D eigenvalue weighted by molar-refractivity contribution is 5.77. The van der Waals surface area contributed by atoms with Gasteiger partial charge in [-0.15, -0.1) is 0 Å². The maximum atomic E-state index is 11.9. The summed E-state index contributed by atoms with van der Waals surface area (Å²) in [7, 11) is 0. The lowest BCUT2D eigenvalue weighted by Crippen LogP contribution is -2.38. The fourth-order valence-corrected chi connectivity index (χ4v) is 2.10. The Morgan fingerprint density at radius 1 is 1.29 bits per heavy atom. The molecule has 3 nitrogen and oxygen atoms in total. The van der Waals surface area contributed by atoms with Crippen molar-refractivity contribution in [1.82, 2.24) is 4.90 Å². The van der Waals surface area contributed by atoms with Gasteiger partial charge in [-0.2, -0.15) is 0 Å². The van der Waals surface area contributed by atoms with Gasteiger partial charge in [0.25, 0.3) is 0 Å². The zero-order valence-electron chi connectivity index (χ0n) is 8.74. The van der Waals surface area contributed by atoms with E-state index in [0.717, 1.165) is 13.0 Å². The summed E-state index contributed by atoms with van der Waals surface area (Å²) < 4.78 is 0. The predicted molar refractivity (Wildman–Crippen MR) is 55.7 cm³/mol. The van der Waals surface area contributed by atoms with Gasteiger partial charge in [0.2, 0.25) is 5.91 Å². The average molecular weight is 196 g/mol. The number of hydrogen-bond acceptors (Lipinski definition) is 2. The first kappa shape index (κ1) is 9.97. The number of hydrogen-bond donors (Lipinski definition) is 1. The van der Waals surface area contributed by atoms with E-state index in [1.54, 1.807) is 0 Å². The Bertz CT molecular complexity index is 209. The van der Waals surface area contributed by atoms with E-state index in [0.29, 0.717) is 24.4 Å². The molecule has 0 aromatic carbocycles. The van der Waals surface area contributed by atoms with Gasteiger partial charge in [-0.3, -0.25) is 4.79 Å². The quantitative estimate of drug-likeness (QED) is 0.716. The number of carbonyl (C=O) groups is 1. The monoisotopic (exact) mass is 196 g/mol. The fourth-order valence-electron chi connectivity index (χ4n) is 2.10. The first-order valence-corrected chi connectivity index (χ1v) is 5.81. The smallest absolute Gasteiger partial charge is 0.223 e. The van der Waals surface area contributed by atoms with Crippen LogP contribution < -0.4 is 5.73 Å². The minimum absolute atomic E-state index is 0.350. The van der Waals surface area contributed by atoms with Crippen LogP contribution >= 0.6 is 0 Å². The number of carbonyl (C=O) groups excluding carboxylic acids is 1. The van der Waals surface area contributed by atoms with Crippen molar-refractivity contribution in [3.63, 3.8) is 0 Å². The standard InChI is InChI=1S/C11H20N2O/c12-6-7-13(10-4-5-10)11(14)8-9-2-1-3-9/h9-10H,1-8,12H2. The molecule has 0 aliphatic heterocycles. The molecule has 3 heteroatoms. The van der Waals surface area contributed by atoms with E-state index >= 15 is 0 Å². The molecule has 0 aromatic heterocycles. The van der Waals surface area contributed by atoms with Gasteiger partial charge >= 0.3 is 0 Å². The van der Waals surface area contributed by atoms with E-state index in [9.17, 15) is 4.79 Å². The van der Waals surface area contributed by atoms with Gasteiger partial charge in [0.05, 0.1) is 0 Å². The van der Waals surface area contributed by atoms with Crippen molar-refractivity contribution >= 4 is 5.91 Å². The molecule has 2 aliphatic rings. The summed E-state index contributed by atoms with van der Waals surface area (Å²) in [5.41, 5.74) is 5.52. The molecule has 80 valence electrons. The van der Waals surface area contributed by atoms with E-state index < -0.39 is 0 Å². The van der Waals surface area contributed by atoms with Crippen molar-refractivity contribution in [3.05, 3.63) is 0 Å². The first-order chi connectivity index (χ1) is 6.81. The van der Waals surface area contributed by atoms with Gasteiger partial charge in [0.15, 0.2) is 0 Å². The summed E-state index contributed by atoms with van der Waals surface area (Å²) in [4.78, 5) is 13.9. The highest BCUT2D eigenvalue weighted by Gasteiger charge is 2.33. The largest absolute Gasteiger partial charge is 0.338 e. The van der Waals surface area contributed by atoms with Gasteiger partial charge in [-0.25, -0.2) is 0 Å². The molecule has 2 rings (SSSR count). The number of amides is 1. The topological polar surface area (TPSA) is 46.3 Å². The van der Waals surface area contributed by atoms with Crippen LogP contribution in [0.25, 0.3) is 0 Å². The van der Waals surface area contributed by atoms with E-state index in [1.165, 1.54) is 32.1 Å². The third-order valence-electron chi connectivity index (χ3n) is 3.37. The Morgan fingerprint density at radius 2 is 2.00 bits per heavy atom. The second-order valence-electron chi connectivity index (χ2n) is 4.61. The molecule has 2 aliphatic carbocycles. The van der Waals surface area contributed by atoms with Gasteiger partial charge < -0.3 is 10.6 Å². The second-order valence-corrected chi connectivity index (χ2v) is 4.61. The fraction of sp³-hybridized carbons (Fsp3) is 0.909. The normalized spacial score (nSPS) is 21.8. The summed E-state index contributed by atoms with van der Waals surface area (Å²) in [6.45, 7) is 1.36. The van der Waals surface area contributed by atoms with Crippen molar-refractivity contribution in [2.45, 2.75) is 44.6 Å². The third-order valence-corrected chi connectivity index (χ3v) is 3.37. The van der Waals surface area contributed by atoms with Crippen molar-refractivity contribution in [3.8, 4) is 0 Å². The van der Waals surface area contributed by atoms with Crippen LogP contribution in [0.15, 0.2) is 0 Å². The zero-order valence-corrected chi connectivity index (χ0v) is 8.74. The summed E-state index contributed by atoms with van der Waals surface area (Å²) in [6.07, 6.45) is 6.99. The molecule has 0 bridgehead atoms. The van der Waals surface area contributed by atoms with Crippen LogP contribution in [0.1, 0.15) is 38.5 Å². The molecule has 0 heterocycles. The molecular formula is C11H20N2O. The molecule has 0 saturated heterocycles. The van der Waals surface area contributed by atoms with Crippen molar-refractivity contribution in [1.29, 1.82) is 0 Å². The lowest BCUT2D eigenvalue weighted by Gasteiger charge is -2.28. The molecule has 2 saturated carbocycles. The Balaban J connectivity index is 1.79. The average Bonchev–Trinajstić information content (AvgIpc) is 2.90. The third kappa shape index (κ3) is 2.27. The molecule has 0 aromatic rings. The van der Waals surface area contributed by atoms with Crippen LogP contribution in [0.2, 0.25) is 0 Å². The lowest BCUT2D eigenvalue weighted by molar-refractivity contribution is -0.133. The van der Waals surface area contributed by atoms with Crippen LogP contribution in [0.4, 0.5) is 0 Å². The van der Waals surface area contributed by atoms with Gasteiger partial charge in [0, 0.05) is 25.6 Å². The number of nitrogens with two attached hydrogens (primary N) is 1. The van der Waals surface area contributed by atoms with Gasteiger partial charge in [-0.1, -0.05) is 6.42 Å². The molecule has 0 atom stereocenters.